The summed E-state index contributed by atoms with van der Waals surface area (Å²) < 4.78 is 5.05. The maximum Gasteiger partial charge on any atom is 0.158 e. The molecule has 4 atom stereocenters. The Balaban J connectivity index is 1.98. The predicted octanol–water partition coefficient (Wildman–Crippen LogP) is 0.853. The topological polar surface area (TPSA) is 29.5 Å². The van der Waals surface area contributed by atoms with Gasteiger partial charge in [0.2, 0.25) is 0 Å². The molecule has 2 heteroatoms. The van der Waals surface area contributed by atoms with Crippen LogP contribution in [0.5, 0.6) is 0 Å². The molecular formula is C8H14O2. The molecule has 1 aliphatic heterocycles. The van der Waals surface area contributed by atoms with E-state index in [1.54, 1.807) is 0 Å². The van der Waals surface area contributed by atoms with Crippen molar-refractivity contribution in [1.82, 2.24) is 0 Å². The van der Waals surface area contributed by atoms with Crippen molar-refractivity contribution in [3.63, 3.8) is 0 Å². The Labute approximate surface area is 61.2 Å². The average molecular weight is 142 g/mol. The third-order valence-electron chi connectivity index (χ3n) is 2.85. The average Bonchev–Trinajstić information content (AvgIpc) is 2.48. The molecule has 2 rings (SSSR count). The molecule has 0 bridgehead atoms. The molecule has 0 amide bonds. The van der Waals surface area contributed by atoms with E-state index in [1.165, 1.54) is 0 Å². The van der Waals surface area contributed by atoms with Gasteiger partial charge in [-0.05, 0) is 17.8 Å². The molecule has 0 aromatic heterocycles. The summed E-state index contributed by atoms with van der Waals surface area (Å²) in [5, 5.41) is 9.24. The Hall–Kier alpha value is -0.0800. The first-order valence-electron chi connectivity index (χ1n) is 4.01. The van der Waals surface area contributed by atoms with E-state index in [4.69, 9.17) is 4.74 Å². The molecule has 2 aliphatic rings. The number of ether oxygens (including phenoxy) is 1. The van der Waals surface area contributed by atoms with E-state index in [0.717, 1.165) is 12.5 Å². The van der Waals surface area contributed by atoms with Crippen molar-refractivity contribution in [1.29, 1.82) is 0 Å². The monoisotopic (exact) mass is 142 g/mol. The lowest BCUT2D eigenvalue weighted by atomic mass is 10.1. The van der Waals surface area contributed by atoms with Gasteiger partial charge in [-0.2, -0.15) is 0 Å². The third kappa shape index (κ3) is 0.722. The zero-order valence-electron chi connectivity index (χ0n) is 6.45. The second-order valence-corrected chi connectivity index (χ2v) is 3.79. The van der Waals surface area contributed by atoms with Gasteiger partial charge >= 0.3 is 0 Å². The van der Waals surface area contributed by atoms with Crippen LogP contribution in [-0.2, 0) is 4.74 Å². The van der Waals surface area contributed by atoms with Crippen molar-refractivity contribution in [3.8, 4) is 0 Å². The summed E-state index contributed by atoms with van der Waals surface area (Å²) in [5.41, 5.74) is 0. The smallest absolute Gasteiger partial charge is 0.158 e. The van der Waals surface area contributed by atoms with Gasteiger partial charge < -0.3 is 9.84 Å². The summed E-state index contributed by atoms with van der Waals surface area (Å²) in [6, 6.07) is 0. The van der Waals surface area contributed by atoms with E-state index in [2.05, 4.69) is 13.8 Å². The van der Waals surface area contributed by atoms with Crippen LogP contribution in [0.2, 0.25) is 0 Å². The van der Waals surface area contributed by atoms with E-state index in [9.17, 15) is 5.11 Å². The summed E-state index contributed by atoms with van der Waals surface area (Å²) in [5.74, 6) is 2.60. The summed E-state index contributed by atoms with van der Waals surface area (Å²) in [6.07, 6.45) is -0.447. The molecule has 2 nitrogen and oxygen atoms in total. The molecule has 0 spiro atoms. The standard InChI is InChI=1S/C8H14O2/c1-4(2)6-5-3-10-8(9)7(5)6/h4-9H,3H2,1-2H3/t5-,6+,7-,8+/m0/s1. The van der Waals surface area contributed by atoms with Crippen molar-refractivity contribution in [2.75, 3.05) is 6.61 Å². The molecule has 1 N–H and O–H groups in total. The summed E-state index contributed by atoms with van der Waals surface area (Å²) in [6.45, 7) is 5.22. The fourth-order valence-corrected chi connectivity index (χ4v) is 2.31. The molecule has 1 heterocycles. The fourth-order valence-electron chi connectivity index (χ4n) is 2.31. The van der Waals surface area contributed by atoms with Crippen LogP contribution < -0.4 is 0 Å². The molecule has 10 heavy (non-hydrogen) atoms. The van der Waals surface area contributed by atoms with Gasteiger partial charge in [0.05, 0.1) is 6.61 Å². The Kier molecular flexibility index (Phi) is 1.29. The van der Waals surface area contributed by atoms with Crippen molar-refractivity contribution in [3.05, 3.63) is 0 Å². The van der Waals surface area contributed by atoms with Gasteiger partial charge in [-0.1, -0.05) is 13.8 Å². The molecule has 1 saturated heterocycles. The highest BCUT2D eigenvalue weighted by Crippen LogP contribution is 2.56. The lowest BCUT2D eigenvalue weighted by molar-refractivity contribution is -0.0912. The highest BCUT2D eigenvalue weighted by atomic mass is 16.6. The largest absolute Gasteiger partial charge is 0.368 e. The molecule has 1 aliphatic carbocycles. The van der Waals surface area contributed by atoms with E-state index >= 15 is 0 Å². The second-order valence-electron chi connectivity index (χ2n) is 3.79. The van der Waals surface area contributed by atoms with Crippen molar-refractivity contribution in [2.45, 2.75) is 20.1 Å². The SMILES string of the molecule is CC(C)[C@@H]1[C@@H]2CO[C@@H](O)[C@@H]21. The van der Waals surface area contributed by atoms with Crippen LogP contribution in [0.25, 0.3) is 0 Å². The summed E-state index contributed by atoms with van der Waals surface area (Å²) in [7, 11) is 0. The van der Waals surface area contributed by atoms with Crippen molar-refractivity contribution in [2.24, 2.45) is 23.7 Å². The lowest BCUT2D eigenvalue weighted by Crippen LogP contribution is -2.14. The Morgan fingerprint density at radius 1 is 1.50 bits per heavy atom. The van der Waals surface area contributed by atoms with Gasteiger partial charge in [0.25, 0.3) is 0 Å². The van der Waals surface area contributed by atoms with Crippen LogP contribution in [-0.4, -0.2) is 18.0 Å². The van der Waals surface area contributed by atoms with Gasteiger partial charge in [-0.25, -0.2) is 0 Å². The quantitative estimate of drug-likeness (QED) is 0.588. The number of aliphatic hydroxyl groups is 1. The normalized spacial score (nSPS) is 51.6. The van der Waals surface area contributed by atoms with Crippen LogP contribution in [0.1, 0.15) is 13.8 Å². The van der Waals surface area contributed by atoms with Crippen LogP contribution in [0.15, 0.2) is 0 Å². The van der Waals surface area contributed by atoms with Crippen LogP contribution >= 0.6 is 0 Å². The zero-order valence-corrected chi connectivity index (χ0v) is 6.45. The predicted molar refractivity (Wildman–Crippen MR) is 37.3 cm³/mol. The number of rotatable bonds is 1. The van der Waals surface area contributed by atoms with Crippen molar-refractivity contribution >= 4 is 0 Å². The second kappa shape index (κ2) is 1.95. The van der Waals surface area contributed by atoms with Gasteiger partial charge in [0.1, 0.15) is 0 Å². The summed E-state index contributed by atoms with van der Waals surface area (Å²) in [4.78, 5) is 0. The fraction of sp³-hybridized carbons (Fsp3) is 1.00. The Bertz CT molecular complexity index is 140. The molecule has 58 valence electrons. The molecule has 1 saturated carbocycles. The Morgan fingerprint density at radius 2 is 2.20 bits per heavy atom. The number of hydrogen-bond donors (Lipinski definition) is 1. The third-order valence-corrected chi connectivity index (χ3v) is 2.85. The minimum Gasteiger partial charge on any atom is -0.368 e. The van der Waals surface area contributed by atoms with Crippen LogP contribution in [0.3, 0.4) is 0 Å². The van der Waals surface area contributed by atoms with Gasteiger partial charge in [-0.3, -0.25) is 0 Å². The van der Waals surface area contributed by atoms with E-state index in [0.29, 0.717) is 17.8 Å². The first kappa shape index (κ1) is 6.62. The highest BCUT2D eigenvalue weighted by Gasteiger charge is 2.59. The first-order chi connectivity index (χ1) is 4.72. The van der Waals surface area contributed by atoms with E-state index in [-0.39, 0.29) is 0 Å². The molecule has 0 radical (unpaired) electrons. The maximum atomic E-state index is 9.24. The maximum absolute atomic E-state index is 9.24. The number of aliphatic hydroxyl groups excluding tert-OH is 1. The lowest BCUT2D eigenvalue weighted by Gasteiger charge is -2.10. The minimum atomic E-state index is -0.447. The molecular weight excluding hydrogens is 128 g/mol. The molecule has 0 unspecified atom stereocenters. The molecule has 2 fully saturated rings. The molecule has 0 aromatic carbocycles. The van der Waals surface area contributed by atoms with Crippen molar-refractivity contribution < 1.29 is 9.84 Å². The van der Waals surface area contributed by atoms with E-state index < -0.39 is 6.29 Å². The highest BCUT2D eigenvalue weighted by molar-refractivity contribution is 5.03. The van der Waals surface area contributed by atoms with Gasteiger partial charge in [0, 0.05) is 5.92 Å². The van der Waals surface area contributed by atoms with Crippen LogP contribution in [0.4, 0.5) is 0 Å². The van der Waals surface area contributed by atoms with E-state index in [1.807, 2.05) is 0 Å². The number of hydrogen-bond acceptors (Lipinski definition) is 2. The zero-order chi connectivity index (χ0) is 7.30. The van der Waals surface area contributed by atoms with Gasteiger partial charge in [-0.15, -0.1) is 0 Å². The first-order valence-corrected chi connectivity index (χ1v) is 4.01. The van der Waals surface area contributed by atoms with Crippen LogP contribution in [0, 0.1) is 23.7 Å². The van der Waals surface area contributed by atoms with Gasteiger partial charge in [0.15, 0.2) is 6.29 Å². The molecule has 0 aromatic rings. The Morgan fingerprint density at radius 3 is 2.50 bits per heavy atom. The number of fused-ring (bicyclic) bond motifs is 1. The minimum absolute atomic E-state index is 0.447. The summed E-state index contributed by atoms with van der Waals surface area (Å²) >= 11 is 0.